The number of amides is 1. The number of nitrogens with two attached hydrogens (primary N) is 1. The Hall–Kier alpha value is -4.13. The maximum atomic E-state index is 13.1. The predicted molar refractivity (Wildman–Crippen MR) is 204 cm³/mol. The standard InChI is InChI=1S/C37H54N7O6P/c1-4-5-6-7-8-9-10-11-12-13-14-15-16-17-18-19-20-21-22-23-33(46)39-24-25-41-51(48,49-3)50-27-30-29(2)31(26-32(30)45)44-28-40-34-35(44)42-37(38)43-36(34)47/h5-6,8-9,11-12,14-15,17-18,20-21,28,30-32,45H,2,4,7,10,13,16,19,22-27H2,1,3H3,(H,39,46)(H,41,48)(H3,38,42,43,47). The van der Waals surface area contributed by atoms with E-state index in [1.165, 1.54) is 13.4 Å². The second-order valence-electron chi connectivity index (χ2n) is 12.0. The van der Waals surface area contributed by atoms with Crippen LogP contribution in [0, 0.1) is 5.92 Å². The summed E-state index contributed by atoms with van der Waals surface area (Å²) in [6.45, 7) is 6.51. The minimum absolute atomic E-state index is 0.0496. The number of carbonyl (C=O) groups is 1. The van der Waals surface area contributed by atoms with Gasteiger partial charge in [-0.3, -0.25) is 19.1 Å². The van der Waals surface area contributed by atoms with E-state index in [9.17, 15) is 19.3 Å². The summed E-state index contributed by atoms with van der Waals surface area (Å²) in [5.74, 6) is -0.733. The van der Waals surface area contributed by atoms with Gasteiger partial charge in [0.05, 0.1) is 25.1 Å². The van der Waals surface area contributed by atoms with Gasteiger partial charge in [0, 0.05) is 32.5 Å². The Morgan fingerprint density at radius 1 is 1.04 bits per heavy atom. The van der Waals surface area contributed by atoms with Gasteiger partial charge in [-0.15, -0.1) is 0 Å². The lowest BCUT2D eigenvalue weighted by Gasteiger charge is -2.22. The highest BCUT2D eigenvalue weighted by atomic mass is 31.2. The van der Waals surface area contributed by atoms with Crippen molar-refractivity contribution in [3.8, 4) is 0 Å². The molecule has 1 aliphatic rings. The Kier molecular flexibility index (Phi) is 18.3. The summed E-state index contributed by atoms with van der Waals surface area (Å²) in [6, 6.07) is -0.426. The number of hydrogen-bond donors (Lipinski definition) is 5. The molecule has 13 nitrogen and oxygen atoms in total. The van der Waals surface area contributed by atoms with Crippen LogP contribution < -0.4 is 21.7 Å². The number of allylic oxidation sites excluding steroid dienone is 12. The second-order valence-corrected chi connectivity index (χ2v) is 13.9. The number of nitrogen functional groups attached to an aromatic ring is 1. The molecule has 0 aromatic carbocycles. The van der Waals surface area contributed by atoms with Crippen molar-refractivity contribution < 1.29 is 23.5 Å². The molecule has 2 aromatic heterocycles. The summed E-state index contributed by atoms with van der Waals surface area (Å²) in [5.41, 5.74) is 6.25. The fourth-order valence-corrected chi connectivity index (χ4v) is 6.47. The smallest absolute Gasteiger partial charge is 0.392 e. The molecule has 278 valence electrons. The predicted octanol–water partition coefficient (Wildman–Crippen LogP) is 6.13. The van der Waals surface area contributed by atoms with Gasteiger partial charge in [0.25, 0.3) is 5.56 Å². The molecule has 1 saturated carbocycles. The second kappa shape index (κ2) is 22.6. The molecule has 1 amide bonds. The van der Waals surface area contributed by atoms with E-state index in [4.69, 9.17) is 14.8 Å². The van der Waals surface area contributed by atoms with Crippen molar-refractivity contribution in [3.05, 3.63) is 102 Å². The highest BCUT2D eigenvalue weighted by Crippen LogP contribution is 2.46. The Bertz CT molecular complexity index is 1690. The van der Waals surface area contributed by atoms with Crippen LogP contribution in [0.4, 0.5) is 5.95 Å². The molecule has 14 heteroatoms. The maximum Gasteiger partial charge on any atom is 0.405 e. The fourth-order valence-electron chi connectivity index (χ4n) is 5.40. The van der Waals surface area contributed by atoms with Crippen molar-refractivity contribution in [2.24, 2.45) is 5.92 Å². The normalized spacial score (nSPS) is 19.7. The molecular weight excluding hydrogens is 669 g/mol. The number of aromatic nitrogens is 4. The molecule has 4 atom stereocenters. The fraction of sp³-hybridized carbons (Fsp3) is 0.459. The van der Waals surface area contributed by atoms with Gasteiger partial charge in [0.2, 0.25) is 11.9 Å². The van der Waals surface area contributed by atoms with Gasteiger partial charge in [-0.2, -0.15) is 4.98 Å². The highest BCUT2D eigenvalue weighted by Gasteiger charge is 2.40. The van der Waals surface area contributed by atoms with Gasteiger partial charge in [0.1, 0.15) is 0 Å². The number of rotatable bonds is 23. The molecule has 0 spiro atoms. The molecule has 2 heterocycles. The molecule has 2 aromatic rings. The van der Waals surface area contributed by atoms with Crippen LogP contribution in [0.15, 0.2) is 96.2 Å². The first-order chi connectivity index (χ1) is 24.7. The Balaban J connectivity index is 1.26. The lowest BCUT2D eigenvalue weighted by atomic mass is 10.0. The lowest BCUT2D eigenvalue weighted by Crippen LogP contribution is -2.31. The van der Waals surface area contributed by atoms with Crippen molar-refractivity contribution in [1.82, 2.24) is 29.9 Å². The molecule has 0 radical (unpaired) electrons. The number of nitrogens with one attached hydrogen (secondary N) is 3. The zero-order valence-electron chi connectivity index (χ0n) is 29.8. The van der Waals surface area contributed by atoms with E-state index in [-0.39, 0.29) is 49.1 Å². The lowest BCUT2D eigenvalue weighted by molar-refractivity contribution is -0.120. The Morgan fingerprint density at radius 2 is 1.63 bits per heavy atom. The number of imidazole rings is 1. The van der Waals surface area contributed by atoms with Gasteiger partial charge in [0.15, 0.2) is 11.2 Å². The summed E-state index contributed by atoms with van der Waals surface area (Å²) >= 11 is 0. The van der Waals surface area contributed by atoms with Crippen molar-refractivity contribution >= 4 is 30.8 Å². The summed E-state index contributed by atoms with van der Waals surface area (Å²) in [6.07, 6.45) is 33.2. The Morgan fingerprint density at radius 3 is 2.22 bits per heavy atom. The number of aromatic amines is 1. The van der Waals surface area contributed by atoms with Crippen LogP contribution >= 0.6 is 7.75 Å². The number of H-pyrrole nitrogens is 1. The number of carbonyl (C=O) groups excluding carboxylic acids is 1. The van der Waals surface area contributed by atoms with E-state index in [0.717, 1.165) is 38.5 Å². The topological polar surface area (TPSA) is 186 Å². The third-order valence-corrected chi connectivity index (χ3v) is 9.75. The summed E-state index contributed by atoms with van der Waals surface area (Å²) in [4.78, 5) is 35.1. The molecule has 0 aliphatic heterocycles. The van der Waals surface area contributed by atoms with E-state index >= 15 is 0 Å². The highest BCUT2D eigenvalue weighted by molar-refractivity contribution is 7.51. The summed E-state index contributed by atoms with van der Waals surface area (Å²) in [5, 5.41) is 16.3. The Labute approximate surface area is 300 Å². The summed E-state index contributed by atoms with van der Waals surface area (Å²) < 4.78 is 25.5. The molecular formula is C37H54N7O6P. The van der Waals surface area contributed by atoms with Crippen molar-refractivity contribution in [1.29, 1.82) is 0 Å². The van der Waals surface area contributed by atoms with E-state index in [2.05, 4.69) is 99.6 Å². The van der Waals surface area contributed by atoms with E-state index in [0.29, 0.717) is 18.4 Å². The van der Waals surface area contributed by atoms with Gasteiger partial charge < -0.3 is 25.2 Å². The van der Waals surface area contributed by atoms with E-state index < -0.39 is 31.4 Å². The molecule has 6 N–H and O–H groups in total. The van der Waals surface area contributed by atoms with Gasteiger partial charge in [-0.25, -0.2) is 14.6 Å². The van der Waals surface area contributed by atoms with Crippen LogP contribution in [0.5, 0.6) is 0 Å². The minimum Gasteiger partial charge on any atom is -0.392 e. The van der Waals surface area contributed by atoms with Crippen molar-refractivity contribution in [2.75, 3.05) is 32.5 Å². The summed E-state index contributed by atoms with van der Waals surface area (Å²) in [7, 11) is -2.47. The molecule has 0 saturated heterocycles. The van der Waals surface area contributed by atoms with Gasteiger partial charge >= 0.3 is 7.75 Å². The minimum atomic E-state index is -3.73. The first-order valence-electron chi connectivity index (χ1n) is 17.5. The van der Waals surface area contributed by atoms with Crippen molar-refractivity contribution in [2.45, 2.75) is 76.9 Å². The quantitative estimate of drug-likeness (QED) is 0.0507. The van der Waals surface area contributed by atoms with Crippen LogP contribution in [-0.4, -0.2) is 63.4 Å². The number of anilines is 1. The van der Waals surface area contributed by atoms with Gasteiger partial charge in [-0.05, 0) is 56.9 Å². The SMILES string of the molecule is C=C1C(COP(=O)(NCCNC(=O)CCC=CCC=CCC=CCC=CCC=CCC=CCC)OC)C(O)CC1n1cnc2c(=O)[nH]c(N)nc21. The van der Waals surface area contributed by atoms with Crippen LogP contribution in [0.1, 0.15) is 70.8 Å². The third-order valence-electron chi connectivity index (χ3n) is 8.17. The zero-order chi connectivity index (χ0) is 36.9. The molecule has 51 heavy (non-hydrogen) atoms. The van der Waals surface area contributed by atoms with Crippen LogP contribution in [0.25, 0.3) is 11.2 Å². The molecule has 0 bridgehead atoms. The number of hydrogen-bond acceptors (Lipinski definition) is 9. The number of aliphatic hydroxyl groups excluding tert-OH is 1. The monoisotopic (exact) mass is 723 g/mol. The molecule has 1 fully saturated rings. The zero-order valence-corrected chi connectivity index (χ0v) is 30.7. The first-order valence-corrected chi connectivity index (χ1v) is 19.0. The number of nitrogens with zero attached hydrogens (tertiary/aromatic N) is 3. The maximum absolute atomic E-state index is 13.1. The van der Waals surface area contributed by atoms with Crippen LogP contribution in [-0.2, 0) is 18.4 Å². The number of fused-ring (bicyclic) bond motifs is 1. The van der Waals surface area contributed by atoms with Gasteiger partial charge in [-0.1, -0.05) is 86.4 Å². The number of aliphatic hydroxyl groups is 1. The van der Waals surface area contributed by atoms with Crippen LogP contribution in [0.3, 0.4) is 0 Å². The van der Waals surface area contributed by atoms with Crippen molar-refractivity contribution in [3.63, 3.8) is 0 Å². The van der Waals surface area contributed by atoms with Crippen LogP contribution in [0.2, 0.25) is 0 Å². The average Bonchev–Trinajstić information content (AvgIpc) is 3.65. The molecule has 1 aliphatic carbocycles. The first kappa shape index (κ1) is 41.3. The van der Waals surface area contributed by atoms with E-state index in [1.807, 2.05) is 12.2 Å². The average molecular weight is 724 g/mol. The largest absolute Gasteiger partial charge is 0.405 e. The van der Waals surface area contributed by atoms with E-state index in [1.54, 1.807) is 4.57 Å². The molecule has 3 rings (SSSR count). The molecule has 4 unspecified atom stereocenters. The third kappa shape index (κ3) is 14.2.